The molecule has 1 aliphatic carbocycles. The molecule has 2 fully saturated rings. The van der Waals surface area contributed by atoms with E-state index in [2.05, 4.69) is 34.0 Å². The average molecular weight is 419 g/mol. The number of hydrogen-bond acceptors (Lipinski definition) is 7. The van der Waals surface area contributed by atoms with E-state index < -0.39 is 0 Å². The van der Waals surface area contributed by atoms with Crippen molar-refractivity contribution in [3.63, 3.8) is 0 Å². The lowest BCUT2D eigenvalue weighted by Crippen LogP contribution is -2.43. The molecule has 1 aliphatic heterocycles. The maximum Gasteiger partial charge on any atom is 0.232 e. The molecule has 0 radical (unpaired) electrons. The van der Waals surface area contributed by atoms with Gasteiger partial charge in [0.2, 0.25) is 5.88 Å². The summed E-state index contributed by atoms with van der Waals surface area (Å²) in [5.41, 5.74) is 9.42. The number of nitrogens with zero attached hydrogens (tertiary/aromatic N) is 4. The van der Waals surface area contributed by atoms with Crippen LogP contribution in [0, 0.1) is 0 Å². The number of imidazole rings is 1. The summed E-state index contributed by atoms with van der Waals surface area (Å²) in [5.74, 6) is 1.30. The first-order valence-electron chi connectivity index (χ1n) is 10.8. The summed E-state index contributed by atoms with van der Waals surface area (Å²) in [6.45, 7) is 4.57. The number of benzene rings is 1. The van der Waals surface area contributed by atoms with Gasteiger partial charge in [-0.15, -0.1) is 5.10 Å². The van der Waals surface area contributed by atoms with Crippen molar-refractivity contribution in [2.45, 2.75) is 38.0 Å². The molecule has 1 atom stereocenters. The lowest BCUT2D eigenvalue weighted by atomic mass is 9.90. The van der Waals surface area contributed by atoms with E-state index in [0.29, 0.717) is 5.88 Å². The minimum absolute atomic E-state index is 0.136. The van der Waals surface area contributed by atoms with Crippen LogP contribution in [-0.4, -0.2) is 52.5 Å². The molecule has 1 saturated heterocycles. The molecule has 1 aromatic carbocycles. The fourth-order valence-corrected chi connectivity index (χ4v) is 4.45. The second-order valence-corrected chi connectivity index (χ2v) is 8.48. The smallest absolute Gasteiger partial charge is 0.232 e. The van der Waals surface area contributed by atoms with Gasteiger partial charge in [-0.1, -0.05) is 6.07 Å². The monoisotopic (exact) mass is 419 g/mol. The molecule has 31 heavy (non-hydrogen) atoms. The van der Waals surface area contributed by atoms with Gasteiger partial charge < -0.3 is 24.5 Å². The van der Waals surface area contributed by atoms with Gasteiger partial charge in [0, 0.05) is 36.3 Å². The van der Waals surface area contributed by atoms with Crippen LogP contribution in [-0.2, 0) is 4.74 Å². The standard InChI is InChI=1S/C23H25N5O3/c1-14-13-27(7-8-29-14)18-3-2-4-20-17(18)11-21(31-20)19-12-25-22-5-6-23(26-28(19)22)30-16-9-15(24)10-16/h2-6,11-12,14-16H,7-10,13,24H2,1H3/t14-,15?,16?/m0/s1. The van der Waals surface area contributed by atoms with Crippen LogP contribution in [0.5, 0.6) is 5.88 Å². The molecule has 0 bridgehead atoms. The summed E-state index contributed by atoms with van der Waals surface area (Å²) in [6, 6.07) is 12.2. The Kier molecular flexibility index (Phi) is 4.36. The molecular formula is C23H25N5O3. The molecule has 2 N–H and O–H groups in total. The topological polar surface area (TPSA) is 91.0 Å². The van der Waals surface area contributed by atoms with Crippen molar-refractivity contribution in [3.8, 4) is 17.3 Å². The van der Waals surface area contributed by atoms with E-state index in [1.807, 2.05) is 24.3 Å². The summed E-state index contributed by atoms with van der Waals surface area (Å²) in [5, 5.41) is 5.74. The largest absolute Gasteiger partial charge is 0.473 e. The summed E-state index contributed by atoms with van der Waals surface area (Å²) >= 11 is 0. The van der Waals surface area contributed by atoms with Crippen molar-refractivity contribution in [1.29, 1.82) is 0 Å². The quantitative estimate of drug-likeness (QED) is 0.543. The fraction of sp³-hybridized carbons (Fsp3) is 0.391. The second-order valence-electron chi connectivity index (χ2n) is 8.48. The zero-order valence-corrected chi connectivity index (χ0v) is 17.4. The lowest BCUT2D eigenvalue weighted by Gasteiger charge is -2.33. The van der Waals surface area contributed by atoms with E-state index in [9.17, 15) is 0 Å². The predicted octanol–water partition coefficient (Wildman–Crippen LogP) is 3.24. The summed E-state index contributed by atoms with van der Waals surface area (Å²) in [4.78, 5) is 6.85. The number of morpholine rings is 1. The Labute approximate surface area is 179 Å². The highest BCUT2D eigenvalue weighted by atomic mass is 16.5. The summed E-state index contributed by atoms with van der Waals surface area (Å²) in [7, 11) is 0. The first-order chi connectivity index (χ1) is 15.1. The zero-order chi connectivity index (χ0) is 20.9. The molecule has 0 unspecified atom stereocenters. The van der Waals surface area contributed by atoms with E-state index >= 15 is 0 Å². The molecule has 6 rings (SSSR count). The molecule has 0 amide bonds. The Morgan fingerprint density at radius 2 is 2.10 bits per heavy atom. The predicted molar refractivity (Wildman–Crippen MR) is 117 cm³/mol. The SMILES string of the molecule is C[C@H]1CN(c2cccc3oc(-c4cnc5ccc(OC6CC(N)C6)nn45)cc23)CCO1. The number of nitrogens with two attached hydrogens (primary N) is 1. The Bertz CT molecular complexity index is 1240. The van der Waals surface area contributed by atoms with Gasteiger partial charge >= 0.3 is 0 Å². The summed E-state index contributed by atoms with van der Waals surface area (Å²) < 4.78 is 19.7. The fourth-order valence-electron chi connectivity index (χ4n) is 4.45. The molecule has 4 heterocycles. The van der Waals surface area contributed by atoms with Crippen molar-refractivity contribution in [1.82, 2.24) is 14.6 Å². The molecule has 8 nitrogen and oxygen atoms in total. The average Bonchev–Trinajstić information content (AvgIpc) is 3.36. The molecular weight excluding hydrogens is 394 g/mol. The van der Waals surface area contributed by atoms with E-state index in [0.717, 1.165) is 66.3 Å². The number of ether oxygens (including phenoxy) is 2. The van der Waals surface area contributed by atoms with Crippen LogP contribution in [0.2, 0.25) is 0 Å². The third kappa shape index (κ3) is 3.32. The highest BCUT2D eigenvalue weighted by Crippen LogP contribution is 2.35. The Morgan fingerprint density at radius 3 is 2.94 bits per heavy atom. The Morgan fingerprint density at radius 1 is 1.19 bits per heavy atom. The second kappa shape index (κ2) is 7.25. The first kappa shape index (κ1) is 18.7. The van der Waals surface area contributed by atoms with Crippen LogP contribution in [0.25, 0.3) is 28.1 Å². The molecule has 8 heteroatoms. The number of fused-ring (bicyclic) bond motifs is 2. The van der Waals surface area contributed by atoms with Crippen LogP contribution in [0.4, 0.5) is 5.69 Å². The van der Waals surface area contributed by atoms with Crippen molar-refractivity contribution in [3.05, 3.63) is 42.6 Å². The minimum Gasteiger partial charge on any atom is -0.473 e. The molecule has 3 aromatic heterocycles. The number of aromatic nitrogens is 3. The van der Waals surface area contributed by atoms with Crippen LogP contribution < -0.4 is 15.4 Å². The van der Waals surface area contributed by atoms with Crippen molar-refractivity contribution < 1.29 is 13.9 Å². The van der Waals surface area contributed by atoms with Crippen LogP contribution in [0.1, 0.15) is 19.8 Å². The van der Waals surface area contributed by atoms with Crippen molar-refractivity contribution in [2.24, 2.45) is 5.73 Å². The zero-order valence-electron chi connectivity index (χ0n) is 17.4. The number of hydrogen-bond donors (Lipinski definition) is 1. The number of furan rings is 1. The van der Waals surface area contributed by atoms with Gasteiger partial charge in [-0.05, 0) is 44.0 Å². The van der Waals surface area contributed by atoms with E-state index in [-0.39, 0.29) is 18.2 Å². The first-order valence-corrected chi connectivity index (χ1v) is 10.8. The van der Waals surface area contributed by atoms with Crippen LogP contribution in [0.15, 0.2) is 47.0 Å². The van der Waals surface area contributed by atoms with Gasteiger partial charge in [0.1, 0.15) is 17.4 Å². The molecule has 160 valence electrons. The van der Waals surface area contributed by atoms with Gasteiger partial charge in [-0.3, -0.25) is 0 Å². The van der Waals surface area contributed by atoms with Gasteiger partial charge in [0.25, 0.3) is 0 Å². The number of rotatable bonds is 4. The number of anilines is 1. The van der Waals surface area contributed by atoms with Crippen LogP contribution in [0.3, 0.4) is 0 Å². The minimum atomic E-state index is 0.136. The lowest BCUT2D eigenvalue weighted by molar-refractivity contribution is 0.0533. The van der Waals surface area contributed by atoms with Crippen molar-refractivity contribution in [2.75, 3.05) is 24.6 Å². The highest BCUT2D eigenvalue weighted by Gasteiger charge is 2.28. The third-order valence-electron chi connectivity index (χ3n) is 6.13. The van der Waals surface area contributed by atoms with E-state index in [1.165, 1.54) is 0 Å². The van der Waals surface area contributed by atoms with E-state index in [1.54, 1.807) is 10.7 Å². The molecule has 1 saturated carbocycles. The maximum atomic E-state index is 6.23. The van der Waals surface area contributed by atoms with E-state index in [4.69, 9.17) is 19.6 Å². The van der Waals surface area contributed by atoms with Gasteiger partial charge in [-0.25, -0.2) is 9.50 Å². The maximum absolute atomic E-state index is 6.23. The van der Waals surface area contributed by atoms with Crippen LogP contribution >= 0.6 is 0 Å². The summed E-state index contributed by atoms with van der Waals surface area (Å²) in [6.07, 6.45) is 3.87. The molecule has 4 aromatic rings. The Balaban J connectivity index is 1.37. The molecule has 0 spiro atoms. The van der Waals surface area contributed by atoms with Gasteiger partial charge in [0.15, 0.2) is 11.4 Å². The normalized spacial score (nSPS) is 23.9. The van der Waals surface area contributed by atoms with Gasteiger partial charge in [0.05, 0.1) is 18.9 Å². The van der Waals surface area contributed by atoms with Gasteiger partial charge in [-0.2, -0.15) is 0 Å². The Hall–Kier alpha value is -3.10. The molecule has 2 aliphatic rings. The third-order valence-corrected chi connectivity index (χ3v) is 6.13. The van der Waals surface area contributed by atoms with Crippen molar-refractivity contribution >= 4 is 22.3 Å². The highest BCUT2D eigenvalue weighted by molar-refractivity contribution is 5.94.